The Morgan fingerprint density at radius 2 is 1.35 bits per heavy atom. The van der Waals surface area contributed by atoms with E-state index in [1.165, 1.54) is 10.8 Å². The first-order valence-corrected chi connectivity index (χ1v) is 6.33. The minimum atomic E-state index is -0.833. The molecule has 0 heterocycles. The van der Waals surface area contributed by atoms with Crippen LogP contribution in [-0.2, 0) is 11.4 Å². The largest absolute Gasteiger partial charge is 0.481 e. The van der Waals surface area contributed by atoms with E-state index in [2.05, 4.69) is 30.3 Å². The summed E-state index contributed by atoms with van der Waals surface area (Å²) in [5, 5.41) is 21.6. The molecule has 0 bridgehead atoms. The molecule has 3 heteroatoms. The molecule has 0 aliphatic heterocycles. The molecule has 3 aromatic carbocycles. The lowest BCUT2D eigenvalue weighted by molar-refractivity contribution is -0.134. The van der Waals surface area contributed by atoms with Gasteiger partial charge in [0, 0.05) is 6.92 Å². The van der Waals surface area contributed by atoms with Crippen LogP contribution in [0, 0.1) is 0 Å². The van der Waals surface area contributed by atoms with Crippen LogP contribution in [-0.4, -0.2) is 16.2 Å². The van der Waals surface area contributed by atoms with E-state index in [1.54, 1.807) is 0 Å². The van der Waals surface area contributed by atoms with Crippen molar-refractivity contribution in [1.29, 1.82) is 0 Å². The second kappa shape index (κ2) is 6.17. The molecule has 0 aliphatic carbocycles. The Labute approximate surface area is 117 Å². The van der Waals surface area contributed by atoms with Gasteiger partial charge in [0.25, 0.3) is 5.97 Å². The number of carbonyl (C=O) groups is 1. The van der Waals surface area contributed by atoms with E-state index in [-0.39, 0.29) is 6.61 Å². The van der Waals surface area contributed by atoms with E-state index in [0.717, 1.165) is 23.3 Å². The summed E-state index contributed by atoms with van der Waals surface area (Å²) >= 11 is 0. The Bertz CT molecular complexity index is 689. The van der Waals surface area contributed by atoms with Crippen molar-refractivity contribution in [3.05, 3.63) is 60.2 Å². The van der Waals surface area contributed by atoms with Gasteiger partial charge in [-0.05, 0) is 33.2 Å². The number of carboxylic acid groups (broad SMARTS) is 1. The van der Waals surface area contributed by atoms with Crippen molar-refractivity contribution < 1.29 is 15.0 Å². The van der Waals surface area contributed by atoms with E-state index >= 15 is 0 Å². The van der Waals surface area contributed by atoms with Gasteiger partial charge in [-0.2, -0.15) is 0 Å². The molecule has 0 saturated carbocycles. The molecule has 3 nitrogen and oxygen atoms in total. The first-order valence-electron chi connectivity index (χ1n) is 6.33. The number of carboxylic acids is 1. The van der Waals surface area contributed by atoms with E-state index in [0.29, 0.717) is 0 Å². The maximum Gasteiger partial charge on any atom is 0.300 e. The quantitative estimate of drug-likeness (QED) is 0.663. The molecule has 0 fully saturated rings. The molecule has 0 atom stereocenters. The summed E-state index contributed by atoms with van der Waals surface area (Å²) in [4.78, 5) is 9.00. The fourth-order valence-corrected chi connectivity index (χ4v) is 2.28. The van der Waals surface area contributed by atoms with Gasteiger partial charge >= 0.3 is 0 Å². The zero-order valence-electron chi connectivity index (χ0n) is 11.2. The normalized spacial score (nSPS) is 10.1. The third kappa shape index (κ3) is 2.95. The highest BCUT2D eigenvalue weighted by molar-refractivity contribution is 6.02. The minimum absolute atomic E-state index is 0.0852. The molecule has 2 N–H and O–H groups in total. The van der Waals surface area contributed by atoms with Gasteiger partial charge < -0.3 is 10.2 Å². The van der Waals surface area contributed by atoms with E-state index in [4.69, 9.17) is 9.90 Å². The van der Waals surface area contributed by atoms with Gasteiger partial charge in [0.2, 0.25) is 0 Å². The van der Waals surface area contributed by atoms with Crippen molar-refractivity contribution in [2.45, 2.75) is 13.5 Å². The summed E-state index contributed by atoms with van der Waals surface area (Å²) < 4.78 is 0. The fourth-order valence-electron chi connectivity index (χ4n) is 2.28. The van der Waals surface area contributed by atoms with Crippen molar-refractivity contribution in [2.75, 3.05) is 0 Å². The lowest BCUT2D eigenvalue weighted by Gasteiger charge is -2.08. The molecule has 0 spiro atoms. The van der Waals surface area contributed by atoms with E-state index in [1.807, 2.05) is 24.3 Å². The molecule has 0 unspecified atom stereocenters. The van der Waals surface area contributed by atoms with Gasteiger partial charge in [0.15, 0.2) is 0 Å². The van der Waals surface area contributed by atoms with Crippen LogP contribution >= 0.6 is 0 Å². The smallest absolute Gasteiger partial charge is 0.300 e. The number of benzene rings is 3. The minimum Gasteiger partial charge on any atom is -0.481 e. The number of aliphatic hydroxyl groups is 1. The molecule has 102 valence electrons. The molecular formula is C17H16O3. The molecule has 0 radical (unpaired) electrons. The SMILES string of the molecule is CC(=O)O.OCc1c2ccccc2cc2ccccc12. The van der Waals surface area contributed by atoms with E-state index < -0.39 is 5.97 Å². The van der Waals surface area contributed by atoms with Crippen molar-refractivity contribution in [3.63, 3.8) is 0 Å². The van der Waals surface area contributed by atoms with Crippen molar-refractivity contribution >= 4 is 27.5 Å². The Balaban J connectivity index is 0.000000328. The average molecular weight is 268 g/mol. The summed E-state index contributed by atoms with van der Waals surface area (Å²) in [5.41, 5.74) is 1.02. The van der Waals surface area contributed by atoms with Crippen LogP contribution < -0.4 is 0 Å². The number of hydrogen-bond donors (Lipinski definition) is 2. The molecule has 0 aromatic heterocycles. The van der Waals surface area contributed by atoms with Crippen molar-refractivity contribution in [2.24, 2.45) is 0 Å². The predicted octanol–water partition coefficient (Wildman–Crippen LogP) is 3.58. The van der Waals surface area contributed by atoms with Crippen LogP contribution in [0.1, 0.15) is 12.5 Å². The second-order valence-electron chi connectivity index (χ2n) is 4.47. The Kier molecular flexibility index (Phi) is 4.33. The summed E-state index contributed by atoms with van der Waals surface area (Å²) in [6.07, 6.45) is 0. The molecule has 3 aromatic rings. The van der Waals surface area contributed by atoms with Gasteiger partial charge in [-0.15, -0.1) is 0 Å². The summed E-state index contributed by atoms with van der Waals surface area (Å²) in [7, 11) is 0. The van der Waals surface area contributed by atoms with Crippen LogP contribution in [0.15, 0.2) is 54.6 Å². The summed E-state index contributed by atoms with van der Waals surface area (Å²) in [6.45, 7) is 1.17. The highest BCUT2D eigenvalue weighted by Crippen LogP contribution is 2.28. The topological polar surface area (TPSA) is 57.5 Å². The van der Waals surface area contributed by atoms with Crippen LogP contribution in [0.2, 0.25) is 0 Å². The molecule has 0 amide bonds. The third-order valence-electron chi connectivity index (χ3n) is 3.04. The van der Waals surface area contributed by atoms with Gasteiger partial charge in [0.05, 0.1) is 6.61 Å². The van der Waals surface area contributed by atoms with Gasteiger partial charge in [0.1, 0.15) is 0 Å². The number of aliphatic carboxylic acids is 1. The average Bonchev–Trinajstić information content (AvgIpc) is 2.44. The van der Waals surface area contributed by atoms with Crippen LogP contribution in [0.4, 0.5) is 0 Å². The third-order valence-corrected chi connectivity index (χ3v) is 3.04. The van der Waals surface area contributed by atoms with Crippen LogP contribution in [0.5, 0.6) is 0 Å². The van der Waals surface area contributed by atoms with Gasteiger partial charge in [-0.3, -0.25) is 4.79 Å². The molecule has 3 rings (SSSR count). The summed E-state index contributed by atoms with van der Waals surface area (Å²) in [5.74, 6) is -0.833. The molecule has 0 aliphatic rings. The first-order chi connectivity index (χ1) is 9.63. The Hall–Kier alpha value is -2.39. The highest BCUT2D eigenvalue weighted by atomic mass is 16.4. The van der Waals surface area contributed by atoms with Gasteiger partial charge in [-0.1, -0.05) is 48.5 Å². The van der Waals surface area contributed by atoms with Crippen molar-refractivity contribution in [3.8, 4) is 0 Å². The highest BCUT2D eigenvalue weighted by Gasteiger charge is 2.05. The Morgan fingerprint density at radius 1 is 0.950 bits per heavy atom. The molecular weight excluding hydrogens is 252 g/mol. The standard InChI is InChI=1S/C15H12O.C2H4O2/c16-10-15-13-7-3-1-5-11(13)9-12-6-2-4-8-14(12)15;1-2(3)4/h1-9,16H,10H2;1H3,(H,3,4). The van der Waals surface area contributed by atoms with Crippen LogP contribution in [0.3, 0.4) is 0 Å². The van der Waals surface area contributed by atoms with Crippen molar-refractivity contribution in [1.82, 2.24) is 0 Å². The predicted molar refractivity (Wildman–Crippen MR) is 80.7 cm³/mol. The number of rotatable bonds is 1. The second-order valence-corrected chi connectivity index (χ2v) is 4.47. The zero-order valence-corrected chi connectivity index (χ0v) is 11.2. The number of fused-ring (bicyclic) bond motifs is 2. The molecule has 20 heavy (non-hydrogen) atoms. The Morgan fingerprint density at radius 3 is 1.75 bits per heavy atom. The number of hydrogen-bond acceptors (Lipinski definition) is 2. The first kappa shape index (κ1) is 14.0. The monoisotopic (exact) mass is 268 g/mol. The maximum absolute atomic E-state index is 9.53. The van der Waals surface area contributed by atoms with Crippen LogP contribution in [0.25, 0.3) is 21.5 Å². The fraction of sp³-hybridized carbons (Fsp3) is 0.118. The lowest BCUT2D eigenvalue weighted by Crippen LogP contribution is -1.88. The zero-order chi connectivity index (χ0) is 14.5. The van der Waals surface area contributed by atoms with E-state index in [9.17, 15) is 5.11 Å². The molecule has 0 saturated heterocycles. The lowest BCUT2D eigenvalue weighted by atomic mass is 9.97. The summed E-state index contributed by atoms with van der Waals surface area (Å²) in [6, 6.07) is 18.5. The maximum atomic E-state index is 9.53. The van der Waals surface area contributed by atoms with Gasteiger partial charge in [-0.25, -0.2) is 0 Å². The number of aliphatic hydroxyl groups excluding tert-OH is 1.